The van der Waals surface area contributed by atoms with Gasteiger partial charge in [0.2, 0.25) is 0 Å². The Labute approximate surface area is 67.4 Å². The van der Waals surface area contributed by atoms with Gasteiger partial charge in [0.25, 0.3) is 0 Å². The molecule has 1 heterocycles. The summed E-state index contributed by atoms with van der Waals surface area (Å²) in [6.07, 6.45) is 8.62. The average Bonchev–Trinajstić information content (AvgIpc) is 2.52. The summed E-state index contributed by atoms with van der Waals surface area (Å²) in [5.41, 5.74) is 3.26. The quantitative estimate of drug-likeness (QED) is 0.707. The summed E-state index contributed by atoms with van der Waals surface area (Å²) in [7, 11) is 0. The standard InChI is InChI=1S/C8H14N3/c1-3-8(4-2)10-11-6-5-9-7-11/h5-6,8,10H,3-4H2,1-2H3. The van der Waals surface area contributed by atoms with Crippen LogP contribution in [0.25, 0.3) is 0 Å². The summed E-state index contributed by atoms with van der Waals surface area (Å²) in [5.74, 6) is 0. The lowest BCUT2D eigenvalue weighted by Gasteiger charge is -2.15. The molecule has 0 spiro atoms. The molecule has 0 bridgehead atoms. The van der Waals surface area contributed by atoms with Crippen LogP contribution in [0.2, 0.25) is 0 Å². The summed E-state index contributed by atoms with van der Waals surface area (Å²) in [6, 6.07) is 0.528. The maximum absolute atomic E-state index is 3.82. The lowest BCUT2D eigenvalue weighted by Crippen LogP contribution is -2.25. The second-order valence-electron chi connectivity index (χ2n) is 2.54. The lowest BCUT2D eigenvalue weighted by molar-refractivity contribution is 0.598. The highest BCUT2D eigenvalue weighted by atomic mass is 15.4. The lowest BCUT2D eigenvalue weighted by atomic mass is 10.2. The van der Waals surface area contributed by atoms with Gasteiger partial charge in [-0.15, -0.1) is 0 Å². The van der Waals surface area contributed by atoms with E-state index in [2.05, 4.69) is 30.6 Å². The van der Waals surface area contributed by atoms with Gasteiger partial charge in [0.05, 0.1) is 0 Å². The van der Waals surface area contributed by atoms with Crippen LogP contribution >= 0.6 is 0 Å². The summed E-state index contributed by atoms with van der Waals surface area (Å²) < 4.78 is 1.78. The highest BCUT2D eigenvalue weighted by Gasteiger charge is 2.00. The van der Waals surface area contributed by atoms with Crippen molar-refractivity contribution >= 4 is 0 Å². The Balaban J connectivity index is 2.41. The van der Waals surface area contributed by atoms with E-state index in [0.29, 0.717) is 6.04 Å². The Morgan fingerprint density at radius 1 is 1.55 bits per heavy atom. The Kier molecular flexibility index (Phi) is 2.95. The Morgan fingerprint density at radius 3 is 2.73 bits per heavy atom. The average molecular weight is 152 g/mol. The third kappa shape index (κ3) is 2.26. The molecule has 0 amide bonds. The zero-order valence-electron chi connectivity index (χ0n) is 7.04. The second kappa shape index (κ2) is 4.01. The van der Waals surface area contributed by atoms with Crippen molar-refractivity contribution in [2.45, 2.75) is 32.7 Å². The van der Waals surface area contributed by atoms with Crippen molar-refractivity contribution in [1.29, 1.82) is 0 Å². The molecule has 0 fully saturated rings. The molecule has 1 rings (SSSR count). The molecule has 61 valence electrons. The van der Waals surface area contributed by atoms with E-state index in [1.165, 1.54) is 0 Å². The number of rotatable bonds is 4. The molecule has 1 aromatic heterocycles. The van der Waals surface area contributed by atoms with Gasteiger partial charge < -0.3 is 5.43 Å². The predicted octanol–water partition coefficient (Wildman–Crippen LogP) is 1.42. The molecule has 0 saturated carbocycles. The predicted molar refractivity (Wildman–Crippen MR) is 44.8 cm³/mol. The molecule has 1 radical (unpaired) electrons. The van der Waals surface area contributed by atoms with Gasteiger partial charge in [-0.1, -0.05) is 13.8 Å². The third-order valence-corrected chi connectivity index (χ3v) is 1.76. The van der Waals surface area contributed by atoms with Crippen molar-refractivity contribution in [2.24, 2.45) is 0 Å². The molecule has 0 aliphatic heterocycles. The number of imidazole rings is 1. The first-order valence-electron chi connectivity index (χ1n) is 4.04. The van der Waals surface area contributed by atoms with Crippen molar-refractivity contribution < 1.29 is 0 Å². The van der Waals surface area contributed by atoms with Crippen LogP contribution in [0.4, 0.5) is 0 Å². The molecule has 1 N–H and O–H groups in total. The second-order valence-corrected chi connectivity index (χ2v) is 2.54. The minimum atomic E-state index is 0.528. The zero-order valence-corrected chi connectivity index (χ0v) is 7.04. The molecule has 0 aliphatic carbocycles. The van der Waals surface area contributed by atoms with E-state index in [9.17, 15) is 0 Å². The smallest absolute Gasteiger partial charge is 0.196 e. The van der Waals surface area contributed by atoms with Crippen LogP contribution in [-0.2, 0) is 0 Å². The monoisotopic (exact) mass is 152 g/mol. The SMILES string of the molecule is CCC(CC)Nn1[c]ncc1. The Hall–Kier alpha value is -0.990. The fraction of sp³-hybridized carbons (Fsp3) is 0.625. The largest absolute Gasteiger partial charge is 0.321 e. The van der Waals surface area contributed by atoms with Gasteiger partial charge in [-0.2, -0.15) is 0 Å². The first-order valence-corrected chi connectivity index (χ1v) is 4.04. The van der Waals surface area contributed by atoms with Crippen LogP contribution in [0.5, 0.6) is 0 Å². The molecule has 1 aromatic rings. The van der Waals surface area contributed by atoms with Crippen LogP contribution in [-0.4, -0.2) is 15.7 Å². The van der Waals surface area contributed by atoms with E-state index >= 15 is 0 Å². The number of nitrogens with one attached hydrogen (secondary N) is 1. The topological polar surface area (TPSA) is 29.9 Å². The van der Waals surface area contributed by atoms with Gasteiger partial charge in [-0.05, 0) is 12.8 Å². The summed E-state index contributed by atoms with van der Waals surface area (Å²) in [4.78, 5) is 3.82. The molecule has 0 unspecified atom stereocenters. The van der Waals surface area contributed by atoms with E-state index in [1.807, 2.05) is 6.20 Å². The van der Waals surface area contributed by atoms with E-state index < -0.39 is 0 Å². The van der Waals surface area contributed by atoms with Crippen LogP contribution in [0.3, 0.4) is 0 Å². The van der Waals surface area contributed by atoms with Crippen molar-refractivity contribution in [3.8, 4) is 0 Å². The van der Waals surface area contributed by atoms with E-state index in [-0.39, 0.29) is 0 Å². The fourth-order valence-electron chi connectivity index (χ4n) is 0.969. The van der Waals surface area contributed by atoms with Gasteiger partial charge in [0.15, 0.2) is 6.33 Å². The van der Waals surface area contributed by atoms with Gasteiger partial charge in [-0.25, -0.2) is 9.66 Å². The van der Waals surface area contributed by atoms with Crippen molar-refractivity contribution in [3.05, 3.63) is 18.7 Å². The van der Waals surface area contributed by atoms with E-state index in [4.69, 9.17) is 0 Å². The van der Waals surface area contributed by atoms with Gasteiger partial charge >= 0.3 is 0 Å². The number of hydrogen-bond acceptors (Lipinski definition) is 2. The van der Waals surface area contributed by atoms with Crippen molar-refractivity contribution in [2.75, 3.05) is 5.43 Å². The first-order chi connectivity index (χ1) is 5.36. The highest BCUT2D eigenvalue weighted by molar-refractivity contribution is 4.83. The number of nitrogens with zero attached hydrogens (tertiary/aromatic N) is 2. The van der Waals surface area contributed by atoms with E-state index in [1.54, 1.807) is 10.9 Å². The molecule has 0 aromatic carbocycles. The van der Waals surface area contributed by atoms with Crippen LogP contribution < -0.4 is 5.43 Å². The van der Waals surface area contributed by atoms with Gasteiger partial charge in [0, 0.05) is 18.4 Å². The van der Waals surface area contributed by atoms with Crippen LogP contribution in [0, 0.1) is 6.33 Å². The highest BCUT2D eigenvalue weighted by Crippen LogP contribution is 1.97. The maximum atomic E-state index is 3.82. The van der Waals surface area contributed by atoms with Gasteiger partial charge in [-0.3, -0.25) is 0 Å². The molecule has 0 saturated heterocycles. The Morgan fingerprint density at radius 2 is 2.27 bits per heavy atom. The summed E-state index contributed by atoms with van der Waals surface area (Å²) >= 11 is 0. The molecule has 0 atom stereocenters. The van der Waals surface area contributed by atoms with E-state index in [0.717, 1.165) is 12.8 Å². The summed E-state index contributed by atoms with van der Waals surface area (Å²) in [6.45, 7) is 4.33. The molecule has 11 heavy (non-hydrogen) atoms. The normalized spacial score (nSPS) is 10.5. The summed E-state index contributed by atoms with van der Waals surface area (Å²) in [5, 5.41) is 0. The fourth-order valence-corrected chi connectivity index (χ4v) is 0.969. The van der Waals surface area contributed by atoms with Crippen molar-refractivity contribution in [1.82, 2.24) is 9.66 Å². The molecular formula is C8H14N3. The molecule has 0 aliphatic rings. The minimum absolute atomic E-state index is 0.528. The number of aromatic nitrogens is 2. The zero-order chi connectivity index (χ0) is 8.10. The Bertz CT molecular complexity index is 177. The first kappa shape index (κ1) is 8.11. The van der Waals surface area contributed by atoms with Crippen LogP contribution in [0.1, 0.15) is 26.7 Å². The molecule has 3 nitrogen and oxygen atoms in total. The van der Waals surface area contributed by atoms with Gasteiger partial charge in [0.1, 0.15) is 0 Å². The van der Waals surface area contributed by atoms with Crippen molar-refractivity contribution in [3.63, 3.8) is 0 Å². The maximum Gasteiger partial charge on any atom is 0.196 e. The third-order valence-electron chi connectivity index (χ3n) is 1.76. The van der Waals surface area contributed by atoms with Crippen LogP contribution in [0.15, 0.2) is 12.4 Å². The number of hydrogen-bond donors (Lipinski definition) is 1. The molecular weight excluding hydrogens is 138 g/mol. The molecule has 3 heteroatoms. The minimum Gasteiger partial charge on any atom is -0.321 e.